The number of aryl methyl sites for hydroxylation is 1. The van der Waals surface area contributed by atoms with Crippen LogP contribution < -0.4 is 19.7 Å². The molecule has 1 saturated carbocycles. The maximum atomic E-state index is 13.2. The second-order valence-corrected chi connectivity index (χ2v) is 11.6. The molecule has 0 atom stereocenters. The number of para-hydroxylation sites is 1. The van der Waals surface area contributed by atoms with Crippen LogP contribution in [0.25, 0.3) is 11.2 Å². The molecule has 6 rings (SSSR count). The largest absolute Gasteiger partial charge is 0.393 e. The highest BCUT2D eigenvalue weighted by Gasteiger charge is 2.25. The Morgan fingerprint density at radius 3 is 2.52 bits per heavy atom. The van der Waals surface area contributed by atoms with Gasteiger partial charge in [0.25, 0.3) is 0 Å². The predicted molar refractivity (Wildman–Crippen MR) is 157 cm³/mol. The van der Waals surface area contributed by atoms with Crippen LogP contribution >= 0.6 is 0 Å². The summed E-state index contributed by atoms with van der Waals surface area (Å²) in [5, 5.41) is 16.6. The Labute approximate surface area is 233 Å². The van der Waals surface area contributed by atoms with Crippen molar-refractivity contribution in [3.8, 4) is 0 Å². The number of allylic oxidation sites excluding steroid dienone is 1. The predicted octanol–water partition coefficient (Wildman–Crippen LogP) is 4.54. The number of anilines is 5. The van der Waals surface area contributed by atoms with Crippen molar-refractivity contribution >= 4 is 50.2 Å². The van der Waals surface area contributed by atoms with Crippen LogP contribution in [-0.2, 0) is 23.2 Å². The fourth-order valence-corrected chi connectivity index (χ4v) is 6.37. The number of nitrogens with zero attached hydrogens (tertiary/aromatic N) is 5. The lowest BCUT2D eigenvalue weighted by atomic mass is 9.93. The summed E-state index contributed by atoms with van der Waals surface area (Å²) in [7, 11) is -3.85. The Morgan fingerprint density at radius 1 is 1.00 bits per heavy atom. The summed E-state index contributed by atoms with van der Waals surface area (Å²) in [6.45, 7) is 2.75. The maximum Gasteiger partial charge on any atom is 0.327 e. The third kappa shape index (κ3) is 5.32. The maximum absolute atomic E-state index is 13.2. The molecule has 0 bridgehead atoms. The summed E-state index contributed by atoms with van der Waals surface area (Å²) in [5.74, 6) is 1.06. The van der Waals surface area contributed by atoms with E-state index in [1.807, 2.05) is 35.8 Å². The number of nitrogens with one attached hydrogen (secondary N) is 3. The molecule has 2 aromatic carbocycles. The summed E-state index contributed by atoms with van der Waals surface area (Å²) >= 11 is 0. The van der Waals surface area contributed by atoms with Crippen LogP contribution in [0.4, 0.5) is 28.8 Å². The van der Waals surface area contributed by atoms with Crippen molar-refractivity contribution in [2.75, 3.05) is 19.7 Å². The van der Waals surface area contributed by atoms with Gasteiger partial charge in [0.05, 0.1) is 23.8 Å². The van der Waals surface area contributed by atoms with Crippen molar-refractivity contribution in [1.82, 2.24) is 19.5 Å². The number of aliphatic hydroxyl groups is 1. The fraction of sp³-hybridized carbons (Fsp3) is 0.321. The Balaban J connectivity index is 1.21. The van der Waals surface area contributed by atoms with E-state index >= 15 is 0 Å². The first-order valence-corrected chi connectivity index (χ1v) is 14.9. The average molecular weight is 561 g/mol. The number of hydrogen-bond donors (Lipinski definition) is 4. The summed E-state index contributed by atoms with van der Waals surface area (Å²) in [6, 6.07) is 14.6. The molecular formula is C28H32N8O3S. The molecule has 1 aliphatic carbocycles. The van der Waals surface area contributed by atoms with Gasteiger partial charge < -0.3 is 20.3 Å². The van der Waals surface area contributed by atoms with Crippen molar-refractivity contribution in [2.24, 2.45) is 0 Å². The van der Waals surface area contributed by atoms with Crippen molar-refractivity contribution in [3.05, 3.63) is 72.7 Å². The van der Waals surface area contributed by atoms with Crippen LogP contribution in [0, 0.1) is 0 Å². The van der Waals surface area contributed by atoms with Crippen LogP contribution in [-0.4, -0.2) is 45.2 Å². The molecule has 1 fully saturated rings. The van der Waals surface area contributed by atoms with Gasteiger partial charge in [-0.25, -0.2) is 9.29 Å². The zero-order valence-electron chi connectivity index (χ0n) is 22.2. The second kappa shape index (κ2) is 10.8. The monoisotopic (exact) mass is 560 g/mol. The molecular weight excluding hydrogens is 528 g/mol. The van der Waals surface area contributed by atoms with E-state index < -0.39 is 10.2 Å². The molecule has 3 heterocycles. The van der Waals surface area contributed by atoms with Gasteiger partial charge in [0.15, 0.2) is 17.0 Å². The number of imidazole rings is 1. The van der Waals surface area contributed by atoms with Crippen molar-refractivity contribution in [3.63, 3.8) is 0 Å². The first kappa shape index (κ1) is 26.1. The van der Waals surface area contributed by atoms with Crippen molar-refractivity contribution in [1.29, 1.82) is 0 Å². The third-order valence-corrected chi connectivity index (χ3v) is 8.63. The lowest BCUT2D eigenvalue weighted by molar-refractivity contribution is 0.126. The number of rotatable bonds is 8. The number of aliphatic hydroxyl groups excluding tert-OH is 1. The zero-order valence-corrected chi connectivity index (χ0v) is 23.0. The standard InChI is InChI=1S/C28H32N8O3S/c1-2-35-18-29-25-26(32-28(33-27(25)35)31-21-13-15-23(37)16-14-21)30-20-9-11-22(12-10-20)34-40(38,39)36-17-5-7-19-6-3-4-8-24(19)36/h3-6,8-12,17-18,21,23,34,37H,2,7,13-16H2,1H3,(H2,30,31,32,33)/t21-,23-. The van der Waals surface area contributed by atoms with Crippen molar-refractivity contribution in [2.45, 2.75) is 57.7 Å². The molecule has 0 unspecified atom stereocenters. The van der Waals surface area contributed by atoms with Crippen LogP contribution in [0.5, 0.6) is 0 Å². The van der Waals surface area contributed by atoms with Gasteiger partial charge in [0.1, 0.15) is 0 Å². The fourth-order valence-electron chi connectivity index (χ4n) is 5.15. The smallest absolute Gasteiger partial charge is 0.327 e. The molecule has 2 aliphatic rings. The lowest BCUT2D eigenvalue weighted by Gasteiger charge is -2.26. The minimum Gasteiger partial charge on any atom is -0.393 e. The number of aromatic nitrogens is 4. The van der Waals surface area contributed by atoms with E-state index in [1.54, 1.807) is 42.9 Å². The van der Waals surface area contributed by atoms with Gasteiger partial charge in [-0.15, -0.1) is 0 Å². The molecule has 11 nitrogen and oxygen atoms in total. The van der Waals surface area contributed by atoms with Crippen LogP contribution in [0.2, 0.25) is 0 Å². The van der Waals surface area contributed by atoms with Gasteiger partial charge in [-0.05, 0) is 74.9 Å². The summed E-state index contributed by atoms with van der Waals surface area (Å²) in [5.41, 5.74) is 4.12. The van der Waals surface area contributed by atoms with E-state index in [0.29, 0.717) is 41.6 Å². The highest BCUT2D eigenvalue weighted by atomic mass is 32.2. The Morgan fingerprint density at radius 2 is 1.75 bits per heavy atom. The molecule has 4 N–H and O–H groups in total. The van der Waals surface area contributed by atoms with E-state index in [9.17, 15) is 13.5 Å². The zero-order chi connectivity index (χ0) is 27.7. The first-order valence-electron chi connectivity index (χ1n) is 13.5. The summed E-state index contributed by atoms with van der Waals surface area (Å²) < 4.78 is 32.3. The highest BCUT2D eigenvalue weighted by Crippen LogP contribution is 2.30. The second-order valence-electron chi connectivity index (χ2n) is 10.1. The molecule has 12 heteroatoms. The lowest BCUT2D eigenvalue weighted by Crippen LogP contribution is -2.33. The van der Waals surface area contributed by atoms with E-state index in [0.717, 1.165) is 42.6 Å². The van der Waals surface area contributed by atoms with Gasteiger partial charge in [-0.2, -0.15) is 18.4 Å². The van der Waals surface area contributed by atoms with Gasteiger partial charge in [0, 0.05) is 24.5 Å². The van der Waals surface area contributed by atoms with E-state index in [1.165, 1.54) is 4.31 Å². The SMILES string of the molecule is CCn1cnc2c(Nc3ccc(NS(=O)(=O)N4C=CCc5ccccc54)cc3)nc(N[C@H]3CC[C@H](O)CC3)nc21. The molecule has 0 spiro atoms. The molecule has 0 amide bonds. The molecule has 0 saturated heterocycles. The Kier molecular flexibility index (Phi) is 7.03. The average Bonchev–Trinajstić information content (AvgIpc) is 3.38. The molecule has 0 radical (unpaired) electrons. The van der Waals surface area contributed by atoms with Crippen LogP contribution in [0.3, 0.4) is 0 Å². The minimum absolute atomic E-state index is 0.195. The molecule has 4 aromatic rings. The number of fused-ring (bicyclic) bond motifs is 2. The quantitative estimate of drug-likeness (QED) is 0.247. The van der Waals surface area contributed by atoms with Crippen LogP contribution in [0.1, 0.15) is 38.2 Å². The van der Waals surface area contributed by atoms with Gasteiger partial charge >= 0.3 is 10.2 Å². The van der Waals surface area contributed by atoms with E-state index in [2.05, 4.69) is 20.3 Å². The molecule has 208 valence electrons. The van der Waals surface area contributed by atoms with Gasteiger partial charge in [-0.3, -0.25) is 4.72 Å². The van der Waals surface area contributed by atoms with Gasteiger partial charge in [-0.1, -0.05) is 24.3 Å². The summed E-state index contributed by atoms with van der Waals surface area (Å²) in [4.78, 5) is 14.0. The van der Waals surface area contributed by atoms with Gasteiger partial charge in [0.2, 0.25) is 5.95 Å². The number of hydrogen-bond acceptors (Lipinski definition) is 8. The summed E-state index contributed by atoms with van der Waals surface area (Å²) in [6.07, 6.45) is 8.84. The first-order chi connectivity index (χ1) is 19.4. The molecule has 1 aliphatic heterocycles. The van der Waals surface area contributed by atoms with Crippen LogP contribution in [0.15, 0.2) is 67.1 Å². The molecule has 40 heavy (non-hydrogen) atoms. The van der Waals surface area contributed by atoms with E-state index in [-0.39, 0.29) is 12.1 Å². The van der Waals surface area contributed by atoms with Crippen molar-refractivity contribution < 1.29 is 13.5 Å². The highest BCUT2D eigenvalue weighted by molar-refractivity contribution is 7.94. The minimum atomic E-state index is -3.85. The number of benzene rings is 2. The molecule has 2 aromatic heterocycles. The normalized spacial score (nSPS) is 18.9. The van der Waals surface area contributed by atoms with E-state index in [4.69, 9.17) is 9.97 Å². The Bertz CT molecular complexity index is 1640. The topological polar surface area (TPSA) is 137 Å². The third-order valence-electron chi connectivity index (χ3n) is 7.30. The Hall–Kier alpha value is -4.16.